The Labute approximate surface area is 108 Å². The molecule has 0 saturated carbocycles. The van der Waals surface area contributed by atoms with Crippen LogP contribution in [0.1, 0.15) is 18.5 Å². The fraction of sp³-hybridized carbons (Fsp3) is 0.417. The summed E-state index contributed by atoms with van der Waals surface area (Å²) in [4.78, 5) is 11.2. The number of phenols is 1. The maximum atomic E-state index is 13.7. The summed E-state index contributed by atoms with van der Waals surface area (Å²) in [5.74, 6) is -6.21. The first-order valence-electron chi connectivity index (χ1n) is 5.52. The van der Waals surface area contributed by atoms with E-state index in [-0.39, 0.29) is 17.9 Å². The van der Waals surface area contributed by atoms with Crippen LogP contribution in [0.4, 0.5) is 8.78 Å². The molecule has 0 aliphatic heterocycles. The molecule has 0 radical (unpaired) electrons. The number of carbonyl (C=O) groups is 1. The van der Waals surface area contributed by atoms with Crippen molar-refractivity contribution in [3.05, 3.63) is 23.8 Å². The highest BCUT2D eigenvalue weighted by atomic mass is 19.3. The monoisotopic (exact) mass is 275 g/mol. The highest BCUT2D eigenvalue weighted by Crippen LogP contribution is 2.39. The van der Waals surface area contributed by atoms with Crippen molar-refractivity contribution in [3.8, 4) is 11.5 Å². The van der Waals surface area contributed by atoms with Crippen LogP contribution in [-0.4, -0.2) is 30.7 Å². The van der Waals surface area contributed by atoms with Gasteiger partial charge in [-0.15, -0.1) is 0 Å². The van der Waals surface area contributed by atoms with Crippen molar-refractivity contribution in [3.63, 3.8) is 0 Å². The van der Waals surface area contributed by atoms with Gasteiger partial charge in [-0.2, -0.15) is 8.78 Å². The number of benzene rings is 1. The molecule has 106 valence electrons. The lowest BCUT2D eigenvalue weighted by Crippen LogP contribution is -2.41. The summed E-state index contributed by atoms with van der Waals surface area (Å²) in [6.07, 6.45) is 0. The third-order valence-electron chi connectivity index (χ3n) is 2.52. The fourth-order valence-electron chi connectivity index (χ4n) is 1.50. The van der Waals surface area contributed by atoms with Crippen LogP contribution in [0.3, 0.4) is 0 Å². The maximum Gasteiger partial charge on any atom is 0.379 e. The number of hydrogen-bond acceptors (Lipinski definition) is 5. The van der Waals surface area contributed by atoms with Crippen LogP contribution in [0.5, 0.6) is 11.5 Å². The Kier molecular flexibility index (Phi) is 4.66. The number of nitrogens with two attached hydrogens (primary N) is 1. The third-order valence-corrected chi connectivity index (χ3v) is 2.52. The molecule has 5 nitrogen and oxygen atoms in total. The zero-order valence-electron chi connectivity index (χ0n) is 10.5. The van der Waals surface area contributed by atoms with E-state index in [4.69, 9.17) is 10.5 Å². The number of aromatic hydroxyl groups is 1. The lowest BCUT2D eigenvalue weighted by atomic mass is 10.00. The first kappa shape index (κ1) is 15.2. The largest absolute Gasteiger partial charge is 0.504 e. The van der Waals surface area contributed by atoms with E-state index in [0.717, 1.165) is 0 Å². The van der Waals surface area contributed by atoms with E-state index >= 15 is 0 Å². The molecule has 0 bridgehead atoms. The number of methoxy groups -OCH3 is 1. The number of hydrogen-bond donors (Lipinski definition) is 2. The van der Waals surface area contributed by atoms with Crippen molar-refractivity contribution in [2.45, 2.75) is 18.9 Å². The van der Waals surface area contributed by atoms with Gasteiger partial charge in [0.25, 0.3) is 0 Å². The van der Waals surface area contributed by atoms with E-state index in [0.29, 0.717) is 0 Å². The zero-order valence-corrected chi connectivity index (χ0v) is 10.5. The second-order valence-electron chi connectivity index (χ2n) is 3.72. The lowest BCUT2D eigenvalue weighted by molar-refractivity contribution is -0.174. The van der Waals surface area contributed by atoms with Crippen LogP contribution in [0.15, 0.2) is 18.2 Å². The predicted octanol–water partition coefficient (Wildman–Crippen LogP) is 1.60. The van der Waals surface area contributed by atoms with E-state index in [1.165, 1.54) is 32.2 Å². The molecule has 0 fully saturated rings. The smallest absolute Gasteiger partial charge is 0.379 e. The van der Waals surface area contributed by atoms with Gasteiger partial charge >= 0.3 is 11.9 Å². The number of ether oxygens (including phenoxy) is 2. The fourth-order valence-corrected chi connectivity index (χ4v) is 1.50. The first-order valence-corrected chi connectivity index (χ1v) is 5.52. The van der Waals surface area contributed by atoms with Gasteiger partial charge in [0.2, 0.25) is 0 Å². The number of rotatable bonds is 5. The van der Waals surface area contributed by atoms with Gasteiger partial charge < -0.3 is 20.3 Å². The number of carbonyl (C=O) groups excluding carboxylic acids is 1. The molecule has 0 saturated heterocycles. The van der Waals surface area contributed by atoms with E-state index in [1.54, 1.807) is 0 Å². The van der Waals surface area contributed by atoms with Gasteiger partial charge in [-0.3, -0.25) is 0 Å². The van der Waals surface area contributed by atoms with Gasteiger partial charge in [0, 0.05) is 5.56 Å². The predicted molar refractivity (Wildman–Crippen MR) is 63.2 cm³/mol. The van der Waals surface area contributed by atoms with Crippen LogP contribution in [0.25, 0.3) is 0 Å². The third kappa shape index (κ3) is 2.93. The average Bonchev–Trinajstić information content (AvgIpc) is 2.38. The highest BCUT2D eigenvalue weighted by Gasteiger charge is 2.48. The Morgan fingerprint density at radius 2 is 2.16 bits per heavy atom. The van der Waals surface area contributed by atoms with Crippen LogP contribution in [0, 0.1) is 0 Å². The summed E-state index contributed by atoms with van der Waals surface area (Å²) in [5.41, 5.74) is 5.07. The van der Waals surface area contributed by atoms with Crippen molar-refractivity contribution < 1.29 is 28.2 Å². The maximum absolute atomic E-state index is 13.7. The van der Waals surface area contributed by atoms with Gasteiger partial charge in [-0.05, 0) is 13.0 Å². The Morgan fingerprint density at radius 3 is 2.68 bits per heavy atom. The van der Waals surface area contributed by atoms with Crippen LogP contribution < -0.4 is 10.5 Å². The molecule has 1 rings (SSSR count). The molecule has 1 aromatic carbocycles. The van der Waals surface area contributed by atoms with Crippen molar-refractivity contribution in [1.82, 2.24) is 0 Å². The summed E-state index contributed by atoms with van der Waals surface area (Å²) in [5, 5.41) is 9.74. The summed E-state index contributed by atoms with van der Waals surface area (Å²) in [6, 6.07) is 1.93. The topological polar surface area (TPSA) is 81.8 Å². The molecule has 0 heterocycles. The summed E-state index contributed by atoms with van der Waals surface area (Å²) >= 11 is 0. The lowest BCUT2D eigenvalue weighted by Gasteiger charge is -2.23. The standard InChI is InChI=1S/C12H15F2NO4/c1-3-19-11(17)12(13,14)10(15)7-5-4-6-8(18-2)9(7)16/h4-6,10,16H,3,15H2,1-2H3/t10-/m0/s1. The second kappa shape index (κ2) is 5.83. The van der Waals surface area contributed by atoms with Gasteiger partial charge in [0.15, 0.2) is 11.5 Å². The van der Waals surface area contributed by atoms with E-state index in [9.17, 15) is 18.7 Å². The number of phenolic OH excluding ortho intramolecular Hbond substituents is 1. The van der Waals surface area contributed by atoms with Gasteiger partial charge in [-0.25, -0.2) is 4.79 Å². The molecule has 3 N–H and O–H groups in total. The van der Waals surface area contributed by atoms with E-state index in [1.807, 2.05) is 0 Å². The molecule has 0 spiro atoms. The van der Waals surface area contributed by atoms with Gasteiger partial charge in [-0.1, -0.05) is 12.1 Å². The molecule has 1 atom stereocenters. The van der Waals surface area contributed by atoms with Crippen LogP contribution >= 0.6 is 0 Å². The minimum Gasteiger partial charge on any atom is -0.504 e. The highest BCUT2D eigenvalue weighted by molar-refractivity contribution is 5.79. The van der Waals surface area contributed by atoms with Crippen molar-refractivity contribution in [2.75, 3.05) is 13.7 Å². The normalized spacial score (nSPS) is 12.9. The average molecular weight is 275 g/mol. The molecule has 0 aliphatic carbocycles. The minimum atomic E-state index is -3.94. The molecular weight excluding hydrogens is 260 g/mol. The Bertz CT molecular complexity index is 465. The van der Waals surface area contributed by atoms with Crippen molar-refractivity contribution >= 4 is 5.97 Å². The van der Waals surface area contributed by atoms with E-state index < -0.39 is 23.7 Å². The van der Waals surface area contributed by atoms with Crippen molar-refractivity contribution in [2.24, 2.45) is 5.73 Å². The quantitative estimate of drug-likeness (QED) is 0.798. The molecule has 0 aromatic heterocycles. The molecular formula is C12H15F2NO4. The molecule has 0 aliphatic rings. The number of halogens is 2. The zero-order chi connectivity index (χ0) is 14.6. The number of alkyl halides is 2. The first-order chi connectivity index (χ1) is 8.86. The Morgan fingerprint density at radius 1 is 1.53 bits per heavy atom. The minimum absolute atomic E-state index is 0.00684. The molecule has 0 unspecified atom stereocenters. The second-order valence-corrected chi connectivity index (χ2v) is 3.72. The van der Waals surface area contributed by atoms with Crippen LogP contribution in [-0.2, 0) is 9.53 Å². The molecule has 1 aromatic rings. The number of esters is 1. The Balaban J connectivity index is 3.12. The summed E-state index contributed by atoms with van der Waals surface area (Å²) in [6.45, 7) is 1.22. The summed E-state index contributed by atoms with van der Waals surface area (Å²) < 4.78 is 36.5. The van der Waals surface area contributed by atoms with E-state index in [2.05, 4.69) is 4.74 Å². The molecule has 0 amide bonds. The van der Waals surface area contributed by atoms with Gasteiger partial charge in [0.05, 0.1) is 13.7 Å². The van der Waals surface area contributed by atoms with Crippen molar-refractivity contribution in [1.29, 1.82) is 0 Å². The van der Waals surface area contributed by atoms with Gasteiger partial charge in [0.1, 0.15) is 6.04 Å². The molecule has 19 heavy (non-hydrogen) atoms. The Hall–Kier alpha value is -1.89. The summed E-state index contributed by atoms with van der Waals surface area (Å²) in [7, 11) is 1.27. The number of para-hydroxylation sites is 1. The SMILES string of the molecule is CCOC(=O)C(F)(F)[C@@H](N)c1cccc(OC)c1O. The van der Waals surface area contributed by atoms with Crippen LogP contribution in [0.2, 0.25) is 0 Å². The molecule has 7 heteroatoms.